The Hall–Kier alpha value is -3.90. The van der Waals surface area contributed by atoms with Crippen molar-refractivity contribution in [2.24, 2.45) is 0 Å². The van der Waals surface area contributed by atoms with Crippen molar-refractivity contribution in [3.8, 4) is 22.3 Å². The largest absolute Gasteiger partial charge is 0.0713 e. The summed E-state index contributed by atoms with van der Waals surface area (Å²) in [5.41, 5.74) is 17.3. The molecule has 0 heteroatoms. The van der Waals surface area contributed by atoms with Crippen LogP contribution in [0.15, 0.2) is 103 Å². The van der Waals surface area contributed by atoms with Gasteiger partial charge in [0.1, 0.15) is 0 Å². The monoisotopic (exact) mass is 476 g/mol. The molecule has 2 aliphatic carbocycles. The van der Waals surface area contributed by atoms with E-state index < -0.39 is 0 Å². The summed E-state index contributed by atoms with van der Waals surface area (Å²) in [4.78, 5) is 0. The lowest BCUT2D eigenvalue weighted by atomic mass is 9.67. The molecule has 0 amide bonds. The van der Waals surface area contributed by atoms with Crippen LogP contribution < -0.4 is 0 Å². The Labute approximate surface area is 220 Å². The molecule has 0 aromatic heterocycles. The summed E-state index contributed by atoms with van der Waals surface area (Å²) in [6, 6.07) is 39.5. The van der Waals surface area contributed by atoms with Crippen LogP contribution in [0.3, 0.4) is 0 Å². The highest BCUT2D eigenvalue weighted by molar-refractivity contribution is 5.92. The maximum absolute atomic E-state index is 2.54. The van der Waals surface area contributed by atoms with Gasteiger partial charge in [0.15, 0.2) is 0 Å². The molecule has 0 spiro atoms. The number of fused-ring (bicyclic) bond motifs is 6. The lowest BCUT2D eigenvalue weighted by molar-refractivity contribution is 0.659. The third kappa shape index (κ3) is 2.90. The molecule has 0 aliphatic heterocycles. The molecule has 0 nitrogen and oxygen atoms in total. The molecule has 0 radical (unpaired) electrons. The topological polar surface area (TPSA) is 0 Å². The number of aryl methyl sites for hydroxylation is 3. The van der Waals surface area contributed by atoms with Gasteiger partial charge in [-0.05, 0) is 88.5 Å². The van der Waals surface area contributed by atoms with Crippen molar-refractivity contribution < 1.29 is 0 Å². The molecule has 0 bridgehead atoms. The fourth-order valence-electron chi connectivity index (χ4n) is 7.06. The van der Waals surface area contributed by atoms with E-state index in [-0.39, 0.29) is 10.8 Å². The van der Waals surface area contributed by atoms with Crippen molar-refractivity contribution in [1.82, 2.24) is 0 Å². The first-order valence-corrected chi connectivity index (χ1v) is 13.4. The third-order valence-electron chi connectivity index (χ3n) is 8.93. The molecule has 1 unspecified atom stereocenters. The van der Waals surface area contributed by atoms with E-state index in [0.29, 0.717) is 0 Å². The van der Waals surface area contributed by atoms with Gasteiger partial charge < -0.3 is 0 Å². The van der Waals surface area contributed by atoms with E-state index in [1.807, 2.05) is 0 Å². The minimum absolute atomic E-state index is 0.0293. The van der Waals surface area contributed by atoms with Crippen LogP contribution in [0.25, 0.3) is 22.3 Å². The summed E-state index contributed by atoms with van der Waals surface area (Å²) >= 11 is 0. The van der Waals surface area contributed by atoms with Crippen molar-refractivity contribution in [1.29, 1.82) is 0 Å². The molecule has 0 N–H and O–H groups in total. The van der Waals surface area contributed by atoms with Gasteiger partial charge in [-0.1, -0.05) is 122 Å². The molecule has 180 valence electrons. The number of benzene rings is 5. The number of rotatable bonds is 2. The fraction of sp³-hybridized carbons (Fsp3) is 0.189. The molecule has 0 saturated heterocycles. The van der Waals surface area contributed by atoms with E-state index in [1.54, 1.807) is 0 Å². The maximum atomic E-state index is 2.54. The van der Waals surface area contributed by atoms with Crippen LogP contribution in [0.4, 0.5) is 0 Å². The average Bonchev–Trinajstić information content (AvgIpc) is 3.29. The molecule has 0 saturated carbocycles. The van der Waals surface area contributed by atoms with Gasteiger partial charge in [0.25, 0.3) is 0 Å². The Morgan fingerprint density at radius 2 is 0.865 bits per heavy atom. The Balaban J connectivity index is 1.65. The van der Waals surface area contributed by atoms with Gasteiger partial charge in [-0.3, -0.25) is 0 Å². The lowest BCUT2D eigenvalue weighted by Gasteiger charge is -2.34. The summed E-state index contributed by atoms with van der Waals surface area (Å²) in [6.45, 7) is 11.4. The molecule has 0 heterocycles. The van der Waals surface area contributed by atoms with E-state index in [0.717, 1.165) is 0 Å². The van der Waals surface area contributed by atoms with Gasteiger partial charge in [-0.2, -0.15) is 0 Å². The van der Waals surface area contributed by atoms with Crippen LogP contribution >= 0.6 is 0 Å². The third-order valence-corrected chi connectivity index (χ3v) is 8.93. The minimum Gasteiger partial charge on any atom is -0.0622 e. The van der Waals surface area contributed by atoms with Gasteiger partial charge in [-0.15, -0.1) is 0 Å². The standard InChI is InChI=1S/C37H32/c1-23-11-15-27(16-12-23)37(26-9-7-6-8-10-26)34-20-25(3)14-18-29(34)31-21-33-30(22-35(31)37)28-17-13-24(2)19-32(28)36(33,4)5/h6-22H,1-5H3. The second-order valence-electron chi connectivity index (χ2n) is 11.6. The molecular weight excluding hydrogens is 444 g/mol. The molecule has 2 aliphatic rings. The SMILES string of the molecule is Cc1ccc(C2(c3ccccc3)c3cc(C)ccc3-c3cc4c(cc32)-c2ccc(C)cc2C4(C)C)cc1. The van der Waals surface area contributed by atoms with Gasteiger partial charge in [0.2, 0.25) is 0 Å². The van der Waals surface area contributed by atoms with Crippen molar-refractivity contribution in [3.05, 3.63) is 153 Å². The quantitative estimate of drug-likeness (QED) is 0.234. The molecular formula is C37H32. The van der Waals surface area contributed by atoms with Crippen molar-refractivity contribution in [2.45, 2.75) is 45.4 Å². The summed E-state index contributed by atoms with van der Waals surface area (Å²) in [5.74, 6) is 0. The Morgan fingerprint density at radius 1 is 0.405 bits per heavy atom. The van der Waals surface area contributed by atoms with E-state index in [2.05, 4.69) is 138 Å². The van der Waals surface area contributed by atoms with E-state index in [4.69, 9.17) is 0 Å². The first-order chi connectivity index (χ1) is 17.8. The summed E-state index contributed by atoms with van der Waals surface area (Å²) in [5, 5.41) is 0. The molecule has 7 rings (SSSR count). The second-order valence-corrected chi connectivity index (χ2v) is 11.6. The lowest BCUT2D eigenvalue weighted by Crippen LogP contribution is -2.28. The zero-order valence-corrected chi connectivity index (χ0v) is 22.3. The highest BCUT2D eigenvalue weighted by atomic mass is 14.5. The smallest absolute Gasteiger partial charge is 0.0622 e. The molecule has 5 aromatic rings. The van der Waals surface area contributed by atoms with Crippen molar-refractivity contribution in [3.63, 3.8) is 0 Å². The fourth-order valence-corrected chi connectivity index (χ4v) is 7.06. The Bertz CT molecular complexity index is 1700. The van der Waals surface area contributed by atoms with Crippen LogP contribution in [0.5, 0.6) is 0 Å². The van der Waals surface area contributed by atoms with E-state index >= 15 is 0 Å². The summed E-state index contributed by atoms with van der Waals surface area (Å²) in [6.07, 6.45) is 0. The predicted octanol–water partition coefficient (Wildman–Crippen LogP) is 9.28. The summed E-state index contributed by atoms with van der Waals surface area (Å²) < 4.78 is 0. The van der Waals surface area contributed by atoms with Gasteiger partial charge >= 0.3 is 0 Å². The van der Waals surface area contributed by atoms with Crippen LogP contribution in [0.2, 0.25) is 0 Å². The predicted molar refractivity (Wildman–Crippen MR) is 156 cm³/mol. The van der Waals surface area contributed by atoms with Crippen LogP contribution in [0, 0.1) is 20.8 Å². The highest BCUT2D eigenvalue weighted by Crippen LogP contribution is 2.60. The minimum atomic E-state index is -0.363. The molecule has 1 atom stereocenters. The normalized spacial score (nSPS) is 18.2. The average molecular weight is 477 g/mol. The first kappa shape index (κ1) is 22.3. The second kappa shape index (κ2) is 7.56. The molecule has 37 heavy (non-hydrogen) atoms. The highest BCUT2D eigenvalue weighted by Gasteiger charge is 2.48. The van der Waals surface area contributed by atoms with E-state index in [9.17, 15) is 0 Å². The van der Waals surface area contributed by atoms with Crippen LogP contribution in [-0.2, 0) is 10.8 Å². The summed E-state index contributed by atoms with van der Waals surface area (Å²) in [7, 11) is 0. The van der Waals surface area contributed by atoms with Crippen LogP contribution in [0.1, 0.15) is 63.9 Å². The van der Waals surface area contributed by atoms with E-state index in [1.165, 1.54) is 72.3 Å². The van der Waals surface area contributed by atoms with Gasteiger partial charge in [-0.25, -0.2) is 0 Å². The Kier molecular flexibility index (Phi) is 4.56. The zero-order valence-electron chi connectivity index (χ0n) is 22.3. The van der Waals surface area contributed by atoms with Gasteiger partial charge in [0.05, 0.1) is 5.41 Å². The van der Waals surface area contributed by atoms with Gasteiger partial charge in [0, 0.05) is 5.41 Å². The van der Waals surface area contributed by atoms with Crippen molar-refractivity contribution >= 4 is 0 Å². The van der Waals surface area contributed by atoms with Crippen LogP contribution in [-0.4, -0.2) is 0 Å². The molecule has 5 aromatic carbocycles. The number of hydrogen-bond acceptors (Lipinski definition) is 0. The maximum Gasteiger partial charge on any atom is 0.0713 e. The first-order valence-electron chi connectivity index (χ1n) is 13.4. The number of hydrogen-bond donors (Lipinski definition) is 0. The zero-order chi connectivity index (χ0) is 25.5. The molecule has 0 fully saturated rings. The Morgan fingerprint density at radius 3 is 1.54 bits per heavy atom. The van der Waals surface area contributed by atoms with Crippen molar-refractivity contribution in [2.75, 3.05) is 0 Å².